The summed E-state index contributed by atoms with van der Waals surface area (Å²) in [4.78, 5) is 35.3. The third-order valence-corrected chi connectivity index (χ3v) is 3.24. The Bertz CT molecular complexity index is 357. The van der Waals surface area contributed by atoms with E-state index >= 15 is 0 Å². The highest BCUT2D eigenvalue weighted by Gasteiger charge is 2.42. The number of imide groups is 1. The molecule has 94 valence electrons. The molecule has 0 spiro atoms. The molecule has 0 aromatic rings. The summed E-state index contributed by atoms with van der Waals surface area (Å²) >= 11 is 0. The number of amides is 3. The number of fused-ring (bicyclic) bond motifs is 1. The number of carbonyl (C=O) groups is 3. The van der Waals surface area contributed by atoms with Crippen LogP contribution in [-0.2, 0) is 9.59 Å². The van der Waals surface area contributed by atoms with Crippen molar-refractivity contribution in [2.24, 2.45) is 5.92 Å². The van der Waals surface area contributed by atoms with Gasteiger partial charge in [-0.1, -0.05) is 0 Å². The van der Waals surface area contributed by atoms with Crippen LogP contribution in [0.25, 0.3) is 0 Å². The number of rotatable bonds is 3. The highest BCUT2D eigenvalue weighted by Crippen LogP contribution is 2.22. The molecule has 3 N–H and O–H groups in total. The lowest BCUT2D eigenvalue weighted by Gasteiger charge is -2.42. The highest BCUT2D eigenvalue weighted by atomic mass is 16.4. The maximum absolute atomic E-state index is 11.7. The Morgan fingerprint density at radius 2 is 2.24 bits per heavy atom. The van der Waals surface area contributed by atoms with Crippen molar-refractivity contribution in [1.82, 2.24) is 15.5 Å². The smallest absolute Gasteiger partial charge is 0.324 e. The number of nitrogens with one attached hydrogen (secondary N) is 2. The molecule has 7 nitrogen and oxygen atoms in total. The molecule has 2 fully saturated rings. The molecule has 3 amide bonds. The maximum Gasteiger partial charge on any atom is 0.324 e. The van der Waals surface area contributed by atoms with Crippen molar-refractivity contribution in [3.05, 3.63) is 0 Å². The molecule has 0 saturated carbocycles. The topological polar surface area (TPSA) is 98.7 Å². The molecule has 7 heteroatoms. The molecule has 0 aromatic heterocycles. The minimum atomic E-state index is -0.944. The molecule has 17 heavy (non-hydrogen) atoms. The minimum absolute atomic E-state index is 0.0989. The molecule has 2 heterocycles. The van der Waals surface area contributed by atoms with E-state index in [0.29, 0.717) is 13.0 Å². The molecule has 0 bridgehead atoms. The molecule has 2 unspecified atom stereocenters. The van der Waals surface area contributed by atoms with Crippen LogP contribution in [-0.4, -0.2) is 53.6 Å². The number of carboxylic acids is 1. The normalized spacial score (nSPS) is 28.6. The fourth-order valence-electron chi connectivity index (χ4n) is 2.39. The van der Waals surface area contributed by atoms with E-state index in [2.05, 4.69) is 10.6 Å². The van der Waals surface area contributed by atoms with Gasteiger partial charge in [0.05, 0.1) is 12.3 Å². The van der Waals surface area contributed by atoms with E-state index in [1.165, 1.54) is 4.90 Å². The number of carbonyl (C=O) groups excluding carboxylic acids is 2. The van der Waals surface area contributed by atoms with Crippen molar-refractivity contribution in [2.45, 2.75) is 18.9 Å². The Hall–Kier alpha value is -1.63. The second kappa shape index (κ2) is 4.70. The molecule has 2 aliphatic heterocycles. The second-order valence-corrected chi connectivity index (χ2v) is 4.30. The monoisotopic (exact) mass is 241 g/mol. The summed E-state index contributed by atoms with van der Waals surface area (Å²) in [7, 11) is 0. The van der Waals surface area contributed by atoms with Crippen LogP contribution in [0, 0.1) is 5.92 Å². The Morgan fingerprint density at radius 1 is 1.47 bits per heavy atom. The van der Waals surface area contributed by atoms with Gasteiger partial charge in [-0.05, 0) is 13.0 Å². The van der Waals surface area contributed by atoms with E-state index in [9.17, 15) is 14.4 Å². The third kappa shape index (κ3) is 2.38. The summed E-state index contributed by atoms with van der Waals surface area (Å²) in [6.07, 6.45) is 0.585. The van der Waals surface area contributed by atoms with Crippen LogP contribution in [0.3, 0.4) is 0 Å². The van der Waals surface area contributed by atoms with E-state index in [4.69, 9.17) is 5.11 Å². The van der Waals surface area contributed by atoms with Crippen molar-refractivity contribution in [1.29, 1.82) is 0 Å². The van der Waals surface area contributed by atoms with Gasteiger partial charge in [0.2, 0.25) is 5.91 Å². The molecule has 0 aliphatic carbocycles. The molecular formula is C10H15N3O4. The van der Waals surface area contributed by atoms with Crippen molar-refractivity contribution in [3.63, 3.8) is 0 Å². The number of hydrogen-bond acceptors (Lipinski definition) is 4. The van der Waals surface area contributed by atoms with Crippen LogP contribution in [0.2, 0.25) is 0 Å². The van der Waals surface area contributed by atoms with Crippen LogP contribution in [0.5, 0.6) is 0 Å². The number of piperidine rings is 1. The number of urea groups is 1. The first-order valence-corrected chi connectivity index (χ1v) is 5.63. The number of aliphatic carboxylic acids is 1. The summed E-state index contributed by atoms with van der Waals surface area (Å²) < 4.78 is 0. The molecule has 2 saturated heterocycles. The molecule has 0 aromatic carbocycles. The van der Waals surface area contributed by atoms with Gasteiger partial charge in [-0.25, -0.2) is 4.79 Å². The van der Waals surface area contributed by atoms with E-state index in [-0.39, 0.29) is 30.8 Å². The quantitative estimate of drug-likeness (QED) is 0.588. The summed E-state index contributed by atoms with van der Waals surface area (Å²) in [5, 5.41) is 14.0. The van der Waals surface area contributed by atoms with Crippen molar-refractivity contribution < 1.29 is 19.5 Å². The predicted molar refractivity (Wildman–Crippen MR) is 57.3 cm³/mol. The van der Waals surface area contributed by atoms with Gasteiger partial charge >= 0.3 is 12.0 Å². The van der Waals surface area contributed by atoms with Gasteiger partial charge in [-0.3, -0.25) is 14.9 Å². The first kappa shape index (κ1) is 11.8. The van der Waals surface area contributed by atoms with Gasteiger partial charge in [0.1, 0.15) is 0 Å². The molecular weight excluding hydrogens is 226 g/mol. The zero-order valence-corrected chi connectivity index (χ0v) is 9.31. The zero-order valence-electron chi connectivity index (χ0n) is 9.31. The summed E-state index contributed by atoms with van der Waals surface area (Å²) in [5.41, 5.74) is 0. The van der Waals surface area contributed by atoms with E-state index in [1.54, 1.807) is 0 Å². The van der Waals surface area contributed by atoms with Crippen molar-refractivity contribution in [3.8, 4) is 0 Å². The standard InChI is InChI=1S/C10H15N3O4/c14-8(15)2-4-13-7-1-3-11-5-6(7)9(16)12-10(13)17/h6-7,11H,1-5H2,(H,14,15)(H,12,16,17). The van der Waals surface area contributed by atoms with E-state index < -0.39 is 12.0 Å². The lowest BCUT2D eigenvalue weighted by molar-refractivity contribution is -0.137. The Kier molecular flexibility index (Phi) is 3.28. The van der Waals surface area contributed by atoms with Crippen LogP contribution in [0.4, 0.5) is 4.79 Å². The molecule has 2 atom stereocenters. The van der Waals surface area contributed by atoms with Crippen LogP contribution >= 0.6 is 0 Å². The average Bonchev–Trinajstić information content (AvgIpc) is 2.28. The van der Waals surface area contributed by atoms with E-state index in [1.807, 2.05) is 0 Å². The van der Waals surface area contributed by atoms with Crippen LogP contribution in [0.1, 0.15) is 12.8 Å². The minimum Gasteiger partial charge on any atom is -0.481 e. The van der Waals surface area contributed by atoms with Crippen molar-refractivity contribution >= 4 is 17.9 Å². The maximum atomic E-state index is 11.7. The fourth-order valence-corrected chi connectivity index (χ4v) is 2.39. The van der Waals surface area contributed by atoms with E-state index in [0.717, 1.165) is 6.54 Å². The lowest BCUT2D eigenvalue weighted by atomic mass is 9.89. The van der Waals surface area contributed by atoms with Crippen molar-refractivity contribution in [2.75, 3.05) is 19.6 Å². The lowest BCUT2D eigenvalue weighted by Crippen LogP contribution is -2.64. The molecule has 2 rings (SSSR count). The zero-order chi connectivity index (χ0) is 12.4. The predicted octanol–water partition coefficient (Wildman–Crippen LogP) is -1.01. The van der Waals surface area contributed by atoms with Gasteiger partial charge < -0.3 is 15.3 Å². The van der Waals surface area contributed by atoms with Crippen LogP contribution in [0.15, 0.2) is 0 Å². The van der Waals surface area contributed by atoms with Crippen LogP contribution < -0.4 is 10.6 Å². The fraction of sp³-hybridized carbons (Fsp3) is 0.700. The number of hydrogen-bond donors (Lipinski definition) is 3. The molecule has 0 radical (unpaired) electrons. The van der Waals surface area contributed by atoms with Gasteiger partial charge in [0, 0.05) is 19.1 Å². The Labute approximate surface area is 98.2 Å². The Balaban J connectivity index is 2.09. The van der Waals surface area contributed by atoms with Gasteiger partial charge in [0.15, 0.2) is 0 Å². The largest absolute Gasteiger partial charge is 0.481 e. The summed E-state index contributed by atoms with van der Waals surface area (Å²) in [6.45, 7) is 1.42. The SMILES string of the molecule is O=C(O)CCN1C(=O)NC(=O)C2CNCCC21. The Morgan fingerprint density at radius 3 is 2.94 bits per heavy atom. The first-order valence-electron chi connectivity index (χ1n) is 5.63. The highest BCUT2D eigenvalue weighted by molar-refractivity contribution is 5.98. The van der Waals surface area contributed by atoms with Gasteiger partial charge in [-0.2, -0.15) is 0 Å². The average molecular weight is 241 g/mol. The second-order valence-electron chi connectivity index (χ2n) is 4.30. The number of nitrogens with zero attached hydrogens (tertiary/aromatic N) is 1. The third-order valence-electron chi connectivity index (χ3n) is 3.24. The summed E-state index contributed by atoms with van der Waals surface area (Å²) in [6, 6.07) is -0.642. The van der Waals surface area contributed by atoms with Gasteiger partial charge in [-0.15, -0.1) is 0 Å². The summed E-state index contributed by atoms with van der Waals surface area (Å²) in [5.74, 6) is -1.48. The molecule has 2 aliphatic rings. The van der Waals surface area contributed by atoms with Gasteiger partial charge in [0.25, 0.3) is 0 Å². The number of carboxylic acid groups (broad SMARTS) is 1. The first-order chi connectivity index (χ1) is 8.09.